The highest BCUT2D eigenvalue weighted by atomic mass is 31.2. The molecule has 0 aromatic rings. The van der Waals surface area contributed by atoms with Crippen LogP contribution in [-0.2, 0) is 13.6 Å². The molecule has 0 aliphatic heterocycles. The molecule has 0 unspecified atom stereocenters. The zero-order valence-electron chi connectivity index (χ0n) is 9.16. The molecule has 3 nitrogen and oxygen atoms in total. The first-order chi connectivity index (χ1) is 8.47. The molecule has 0 N–H and O–H groups in total. The Morgan fingerprint density at radius 3 is 1.15 bits per heavy atom. The van der Waals surface area contributed by atoms with Gasteiger partial charge >= 0.3 is 32.2 Å². The van der Waals surface area contributed by atoms with E-state index in [0.717, 1.165) is 0 Å². The van der Waals surface area contributed by atoms with Crippen LogP contribution in [-0.4, -0.2) is 30.7 Å². The SMILES string of the molecule is CCP(=O)(OC(F)(F)C(F)(F)F)OC(F)(F)C(F)(F)F. The summed E-state index contributed by atoms with van der Waals surface area (Å²) in [5.74, 6) is 0. The van der Waals surface area contributed by atoms with Gasteiger partial charge in [-0.15, -0.1) is 0 Å². The normalized spacial score (nSPS) is 15.6. The predicted octanol–water partition coefficient (Wildman–Crippen LogP) is 4.54. The fourth-order valence-electron chi connectivity index (χ4n) is 0.601. The van der Waals surface area contributed by atoms with E-state index in [1.54, 1.807) is 0 Å². The van der Waals surface area contributed by atoms with Gasteiger partial charge in [-0.05, 0) is 0 Å². The summed E-state index contributed by atoms with van der Waals surface area (Å²) in [7, 11) is -6.08. The largest absolute Gasteiger partial charge is 0.483 e. The van der Waals surface area contributed by atoms with Crippen molar-refractivity contribution in [2.75, 3.05) is 6.16 Å². The lowest BCUT2D eigenvalue weighted by atomic mass is 10.6. The maximum atomic E-state index is 12.4. The zero-order chi connectivity index (χ0) is 16.6. The standard InChI is InChI=1S/C6H5F10O3P/c1-2-20(17,18-5(13,14)3(7,8)9)19-6(15,16)4(10,11)12/h2H2,1H3. The first-order valence-electron chi connectivity index (χ1n) is 4.37. The third-order valence-corrected chi connectivity index (χ3v) is 3.34. The number of halogens is 10. The molecule has 0 aliphatic rings. The van der Waals surface area contributed by atoms with Crippen LogP contribution in [0.4, 0.5) is 43.9 Å². The molecule has 20 heavy (non-hydrogen) atoms. The number of hydrogen-bond donors (Lipinski definition) is 0. The van der Waals surface area contributed by atoms with Crippen molar-refractivity contribution in [1.82, 2.24) is 0 Å². The average molecular weight is 346 g/mol. The molecule has 0 radical (unpaired) electrons. The predicted molar refractivity (Wildman–Crippen MR) is 42.3 cm³/mol. The molecule has 14 heteroatoms. The van der Waals surface area contributed by atoms with E-state index in [1.165, 1.54) is 0 Å². The number of alkyl halides is 10. The van der Waals surface area contributed by atoms with Gasteiger partial charge in [-0.2, -0.15) is 43.9 Å². The van der Waals surface area contributed by atoms with Crippen molar-refractivity contribution in [2.45, 2.75) is 31.5 Å². The summed E-state index contributed by atoms with van der Waals surface area (Å²) in [5.41, 5.74) is 0. The second kappa shape index (κ2) is 5.34. The Balaban J connectivity index is 5.32. The molecule has 122 valence electrons. The highest BCUT2D eigenvalue weighted by molar-refractivity contribution is 7.53. The molecule has 0 saturated carbocycles. The van der Waals surface area contributed by atoms with Gasteiger partial charge in [0.05, 0.1) is 0 Å². The van der Waals surface area contributed by atoms with Gasteiger partial charge in [-0.1, -0.05) is 6.92 Å². The molecule has 0 atom stereocenters. The van der Waals surface area contributed by atoms with Gasteiger partial charge in [0.25, 0.3) is 0 Å². The maximum absolute atomic E-state index is 12.4. The summed E-state index contributed by atoms with van der Waals surface area (Å²) in [6.07, 6.45) is -27.0. The van der Waals surface area contributed by atoms with Crippen LogP contribution >= 0.6 is 7.60 Å². The van der Waals surface area contributed by atoms with E-state index >= 15 is 0 Å². The molecule has 0 aromatic heterocycles. The van der Waals surface area contributed by atoms with Crippen LogP contribution < -0.4 is 0 Å². The molecule has 0 rings (SSSR count). The van der Waals surface area contributed by atoms with Crippen molar-refractivity contribution < 1.29 is 57.5 Å². The first kappa shape index (κ1) is 19.4. The van der Waals surface area contributed by atoms with E-state index < -0.39 is 38.3 Å². The fourth-order valence-corrected chi connectivity index (χ4v) is 1.80. The molecular formula is C6H5F10O3P. The highest BCUT2D eigenvalue weighted by Gasteiger charge is 2.67. The average Bonchev–Trinajstić information content (AvgIpc) is 2.11. The van der Waals surface area contributed by atoms with Crippen LogP contribution in [0.5, 0.6) is 0 Å². The van der Waals surface area contributed by atoms with Crippen LogP contribution in [0.1, 0.15) is 6.92 Å². The van der Waals surface area contributed by atoms with Crippen LogP contribution in [0.25, 0.3) is 0 Å². The van der Waals surface area contributed by atoms with Crippen molar-refractivity contribution in [1.29, 1.82) is 0 Å². The Labute approximate surface area is 104 Å². The minimum Gasteiger partial charge on any atom is -0.260 e. The zero-order valence-corrected chi connectivity index (χ0v) is 10.1. The second-order valence-corrected chi connectivity index (χ2v) is 5.36. The van der Waals surface area contributed by atoms with E-state index in [2.05, 4.69) is 9.05 Å². The van der Waals surface area contributed by atoms with Gasteiger partial charge in [0.2, 0.25) is 0 Å². The minimum absolute atomic E-state index is 0.458. The number of rotatable bonds is 5. The Morgan fingerprint density at radius 2 is 1.00 bits per heavy atom. The molecular weight excluding hydrogens is 341 g/mol. The van der Waals surface area contributed by atoms with Crippen LogP contribution in [0.3, 0.4) is 0 Å². The van der Waals surface area contributed by atoms with Gasteiger partial charge in [-0.3, -0.25) is 4.57 Å². The fraction of sp³-hybridized carbons (Fsp3) is 1.00. The monoisotopic (exact) mass is 346 g/mol. The van der Waals surface area contributed by atoms with E-state index in [-0.39, 0.29) is 0 Å². The van der Waals surface area contributed by atoms with Crippen molar-refractivity contribution in [3.05, 3.63) is 0 Å². The third-order valence-electron chi connectivity index (χ3n) is 1.55. The molecule has 0 aliphatic carbocycles. The van der Waals surface area contributed by atoms with E-state index in [9.17, 15) is 48.5 Å². The smallest absolute Gasteiger partial charge is 0.260 e. The third kappa shape index (κ3) is 4.48. The molecule has 0 spiro atoms. The van der Waals surface area contributed by atoms with Crippen molar-refractivity contribution >= 4 is 7.60 Å². The first-order valence-corrected chi connectivity index (χ1v) is 6.10. The lowest BCUT2D eigenvalue weighted by Gasteiger charge is -2.28. The molecule has 0 amide bonds. The van der Waals surface area contributed by atoms with Gasteiger partial charge in [-0.25, -0.2) is 9.05 Å². The molecule has 0 heterocycles. The van der Waals surface area contributed by atoms with Crippen LogP contribution in [0.15, 0.2) is 0 Å². The van der Waals surface area contributed by atoms with E-state index in [4.69, 9.17) is 0 Å². The highest BCUT2D eigenvalue weighted by Crippen LogP contribution is 2.60. The van der Waals surface area contributed by atoms with Crippen LogP contribution in [0.2, 0.25) is 0 Å². The maximum Gasteiger partial charge on any atom is 0.483 e. The molecule has 0 saturated heterocycles. The Bertz CT molecular complexity index is 353. The Morgan fingerprint density at radius 1 is 0.750 bits per heavy atom. The topological polar surface area (TPSA) is 35.5 Å². The summed E-state index contributed by atoms with van der Waals surface area (Å²) in [4.78, 5) is 0. The van der Waals surface area contributed by atoms with Gasteiger partial charge < -0.3 is 0 Å². The van der Waals surface area contributed by atoms with Crippen LogP contribution in [0, 0.1) is 0 Å². The molecule has 0 bridgehead atoms. The second-order valence-electron chi connectivity index (χ2n) is 3.14. The van der Waals surface area contributed by atoms with Crippen molar-refractivity contribution in [3.63, 3.8) is 0 Å². The van der Waals surface area contributed by atoms with Gasteiger partial charge in [0.15, 0.2) is 0 Å². The molecule has 0 aromatic carbocycles. The number of hydrogen-bond acceptors (Lipinski definition) is 3. The Hall–Kier alpha value is -0.550. The summed E-state index contributed by atoms with van der Waals surface area (Å²) in [5, 5.41) is 0. The van der Waals surface area contributed by atoms with E-state index in [1.807, 2.05) is 0 Å². The summed E-state index contributed by atoms with van der Waals surface area (Å²) in [6, 6.07) is 0. The van der Waals surface area contributed by atoms with Gasteiger partial charge in [0.1, 0.15) is 0 Å². The summed E-state index contributed by atoms with van der Waals surface area (Å²) in [6.45, 7) is 0.458. The summed E-state index contributed by atoms with van der Waals surface area (Å²) < 4.78 is 136. The Kier molecular flexibility index (Phi) is 5.19. The van der Waals surface area contributed by atoms with E-state index in [0.29, 0.717) is 6.92 Å². The lowest BCUT2D eigenvalue weighted by molar-refractivity contribution is -0.381. The summed E-state index contributed by atoms with van der Waals surface area (Å²) >= 11 is 0. The van der Waals surface area contributed by atoms with Crippen molar-refractivity contribution in [3.8, 4) is 0 Å². The quantitative estimate of drug-likeness (QED) is 0.542. The van der Waals surface area contributed by atoms with Crippen molar-refractivity contribution in [2.24, 2.45) is 0 Å². The molecule has 0 fully saturated rings. The lowest BCUT2D eigenvalue weighted by Crippen LogP contribution is -2.42. The minimum atomic E-state index is -6.48. The van der Waals surface area contributed by atoms with Gasteiger partial charge in [0, 0.05) is 6.16 Å².